The fourth-order valence-corrected chi connectivity index (χ4v) is 2.02. The van der Waals surface area contributed by atoms with E-state index in [9.17, 15) is 9.59 Å². The van der Waals surface area contributed by atoms with E-state index in [-0.39, 0.29) is 25.0 Å². The monoisotopic (exact) mass is 293 g/mol. The van der Waals surface area contributed by atoms with Gasteiger partial charge < -0.3 is 25.8 Å². The molecule has 0 spiro atoms. The summed E-state index contributed by atoms with van der Waals surface area (Å²) in [6.45, 7) is 0.667. The summed E-state index contributed by atoms with van der Waals surface area (Å²) in [6, 6.07) is 6.83. The van der Waals surface area contributed by atoms with E-state index in [1.54, 1.807) is 24.3 Å². The minimum Gasteiger partial charge on any atom is -0.379 e. The van der Waals surface area contributed by atoms with Crippen LogP contribution in [-0.2, 0) is 19.1 Å². The number of carbonyl (C=O) groups is 2. The van der Waals surface area contributed by atoms with Gasteiger partial charge >= 0.3 is 0 Å². The normalized spacial score (nSPS) is 21.0. The number of nitrogens with one attached hydrogen (secondary N) is 2. The van der Waals surface area contributed by atoms with Crippen LogP contribution in [0.5, 0.6) is 0 Å². The molecule has 1 aliphatic heterocycles. The lowest BCUT2D eigenvalue weighted by atomic mass is 9.99. The van der Waals surface area contributed by atoms with E-state index in [4.69, 9.17) is 15.2 Å². The van der Waals surface area contributed by atoms with Crippen LogP contribution in [0.4, 0.5) is 11.4 Å². The molecule has 1 aliphatic rings. The van der Waals surface area contributed by atoms with Crippen LogP contribution in [0, 0.1) is 0 Å². The first-order chi connectivity index (χ1) is 10.0. The zero-order chi connectivity index (χ0) is 15.3. The number of carbonyl (C=O) groups excluding carboxylic acids is 2. The number of nitrogens with two attached hydrogens (primary N) is 1. The molecule has 114 valence electrons. The molecule has 1 heterocycles. The molecule has 1 aromatic rings. The first-order valence-corrected chi connectivity index (χ1v) is 6.60. The van der Waals surface area contributed by atoms with E-state index in [0.717, 1.165) is 0 Å². The number of hydrogen-bond donors (Lipinski definition) is 3. The van der Waals surface area contributed by atoms with Crippen LogP contribution in [0.25, 0.3) is 0 Å². The Kier molecular flexibility index (Phi) is 4.89. The van der Waals surface area contributed by atoms with E-state index in [2.05, 4.69) is 10.6 Å². The van der Waals surface area contributed by atoms with Gasteiger partial charge in [0.15, 0.2) is 0 Å². The number of ether oxygens (including phenoxy) is 2. The first kappa shape index (κ1) is 15.4. The number of rotatable bonds is 5. The van der Waals surface area contributed by atoms with Crippen LogP contribution in [-0.4, -0.2) is 44.3 Å². The van der Waals surface area contributed by atoms with Crippen molar-refractivity contribution in [1.82, 2.24) is 0 Å². The third-order valence-electron chi connectivity index (χ3n) is 3.18. The van der Waals surface area contributed by atoms with Crippen LogP contribution in [0.3, 0.4) is 0 Å². The van der Waals surface area contributed by atoms with Gasteiger partial charge in [0.1, 0.15) is 12.1 Å². The predicted octanol–water partition coefficient (Wildman–Crippen LogP) is 0.328. The highest BCUT2D eigenvalue weighted by Crippen LogP contribution is 2.20. The quantitative estimate of drug-likeness (QED) is 0.726. The molecule has 1 saturated heterocycles. The van der Waals surface area contributed by atoms with Gasteiger partial charge in [-0.2, -0.15) is 0 Å². The summed E-state index contributed by atoms with van der Waals surface area (Å²) in [5, 5.41) is 5.41. The fraction of sp³-hybridized carbons (Fsp3) is 0.429. The van der Waals surface area contributed by atoms with Crippen molar-refractivity contribution in [3.8, 4) is 0 Å². The van der Waals surface area contributed by atoms with E-state index in [1.165, 1.54) is 7.11 Å². The zero-order valence-corrected chi connectivity index (χ0v) is 11.8. The minimum absolute atomic E-state index is 0.0279. The lowest BCUT2D eigenvalue weighted by Gasteiger charge is -2.20. The summed E-state index contributed by atoms with van der Waals surface area (Å²) >= 11 is 0. The Morgan fingerprint density at radius 1 is 1.38 bits per heavy atom. The highest BCUT2D eigenvalue weighted by molar-refractivity contribution is 5.99. The summed E-state index contributed by atoms with van der Waals surface area (Å²) < 4.78 is 9.90. The Labute approximate surface area is 122 Å². The van der Waals surface area contributed by atoms with Crippen molar-refractivity contribution in [2.75, 3.05) is 37.6 Å². The van der Waals surface area contributed by atoms with Crippen LogP contribution < -0.4 is 16.4 Å². The van der Waals surface area contributed by atoms with Gasteiger partial charge in [0.05, 0.1) is 6.61 Å². The molecule has 21 heavy (non-hydrogen) atoms. The molecule has 0 radical (unpaired) electrons. The second kappa shape index (κ2) is 6.66. The van der Waals surface area contributed by atoms with Gasteiger partial charge in [-0.15, -0.1) is 0 Å². The van der Waals surface area contributed by atoms with Crippen LogP contribution in [0.15, 0.2) is 24.3 Å². The fourth-order valence-electron chi connectivity index (χ4n) is 2.02. The Morgan fingerprint density at radius 2 is 2.10 bits per heavy atom. The highest BCUT2D eigenvalue weighted by Gasteiger charge is 2.38. The summed E-state index contributed by atoms with van der Waals surface area (Å²) in [4.78, 5) is 23.6. The van der Waals surface area contributed by atoms with Crippen molar-refractivity contribution < 1.29 is 19.1 Å². The lowest BCUT2D eigenvalue weighted by molar-refractivity contribution is -0.121. The Morgan fingerprint density at radius 3 is 2.71 bits per heavy atom. The molecule has 1 unspecified atom stereocenters. The summed E-state index contributed by atoms with van der Waals surface area (Å²) in [6.07, 6.45) is 0.489. The summed E-state index contributed by atoms with van der Waals surface area (Å²) in [7, 11) is 1.45. The van der Waals surface area contributed by atoms with Gasteiger partial charge in [-0.05, 0) is 24.6 Å². The Bertz CT molecular complexity index is 527. The standard InChI is InChI=1S/C14H19N3O4/c1-20-8-12(18)16-10-3-2-4-11(7-10)17-13(19)14(15)5-6-21-9-14/h2-4,7H,5-6,8-9,15H2,1H3,(H,16,18)(H,17,19). The summed E-state index contributed by atoms with van der Waals surface area (Å²) in [5.41, 5.74) is 6.13. The number of benzene rings is 1. The van der Waals surface area contributed by atoms with Crippen molar-refractivity contribution in [2.45, 2.75) is 12.0 Å². The van der Waals surface area contributed by atoms with E-state index >= 15 is 0 Å². The van der Waals surface area contributed by atoms with Crippen LogP contribution in [0.1, 0.15) is 6.42 Å². The largest absolute Gasteiger partial charge is 0.379 e. The molecule has 7 nitrogen and oxygen atoms in total. The Hall–Kier alpha value is -1.96. The summed E-state index contributed by atoms with van der Waals surface area (Å²) in [5.74, 6) is -0.555. The zero-order valence-electron chi connectivity index (χ0n) is 11.8. The van der Waals surface area contributed by atoms with Crippen LogP contribution in [0.2, 0.25) is 0 Å². The van der Waals surface area contributed by atoms with Gasteiger partial charge in [0.25, 0.3) is 0 Å². The van der Waals surface area contributed by atoms with Gasteiger partial charge in [-0.3, -0.25) is 9.59 Å². The SMILES string of the molecule is COCC(=O)Nc1cccc(NC(=O)C2(N)CCOC2)c1. The van der Waals surface area contributed by atoms with Crippen molar-refractivity contribution in [3.05, 3.63) is 24.3 Å². The predicted molar refractivity (Wildman–Crippen MR) is 77.9 cm³/mol. The van der Waals surface area contributed by atoms with Gasteiger partial charge in [-0.1, -0.05) is 6.07 Å². The molecular formula is C14H19N3O4. The molecule has 2 amide bonds. The van der Waals surface area contributed by atoms with Crippen molar-refractivity contribution in [2.24, 2.45) is 5.73 Å². The second-order valence-corrected chi connectivity index (χ2v) is 4.97. The second-order valence-electron chi connectivity index (χ2n) is 4.97. The van der Waals surface area contributed by atoms with Gasteiger partial charge in [0.2, 0.25) is 11.8 Å². The van der Waals surface area contributed by atoms with Gasteiger partial charge in [-0.25, -0.2) is 0 Å². The third-order valence-corrected chi connectivity index (χ3v) is 3.18. The first-order valence-electron chi connectivity index (χ1n) is 6.60. The highest BCUT2D eigenvalue weighted by atomic mass is 16.5. The number of amides is 2. The average Bonchev–Trinajstić information content (AvgIpc) is 2.88. The molecule has 0 aliphatic carbocycles. The van der Waals surface area contributed by atoms with Crippen molar-refractivity contribution in [1.29, 1.82) is 0 Å². The van der Waals surface area contributed by atoms with E-state index in [0.29, 0.717) is 24.4 Å². The van der Waals surface area contributed by atoms with Crippen molar-refractivity contribution in [3.63, 3.8) is 0 Å². The Balaban J connectivity index is 2.00. The average molecular weight is 293 g/mol. The topological polar surface area (TPSA) is 103 Å². The maximum absolute atomic E-state index is 12.1. The smallest absolute Gasteiger partial charge is 0.250 e. The molecule has 0 saturated carbocycles. The van der Waals surface area contributed by atoms with E-state index in [1.807, 2.05) is 0 Å². The molecule has 1 aromatic carbocycles. The van der Waals surface area contributed by atoms with Crippen LogP contribution >= 0.6 is 0 Å². The third kappa shape index (κ3) is 4.01. The number of anilines is 2. The van der Waals surface area contributed by atoms with E-state index < -0.39 is 5.54 Å². The minimum atomic E-state index is -0.991. The molecule has 0 bridgehead atoms. The number of methoxy groups -OCH3 is 1. The molecule has 0 aromatic heterocycles. The maximum Gasteiger partial charge on any atom is 0.250 e. The molecule has 2 rings (SSSR count). The molecule has 4 N–H and O–H groups in total. The molecule has 1 atom stereocenters. The molecule has 7 heteroatoms. The molecule has 1 fully saturated rings. The van der Waals surface area contributed by atoms with Crippen molar-refractivity contribution >= 4 is 23.2 Å². The number of hydrogen-bond acceptors (Lipinski definition) is 5. The van der Waals surface area contributed by atoms with Gasteiger partial charge in [0, 0.05) is 25.1 Å². The lowest BCUT2D eigenvalue weighted by Crippen LogP contribution is -2.51. The molecular weight excluding hydrogens is 274 g/mol. The maximum atomic E-state index is 12.1.